The van der Waals surface area contributed by atoms with Crippen LogP contribution < -0.4 is 5.32 Å². The average Bonchev–Trinajstić information content (AvgIpc) is 3.43. The third-order valence-corrected chi connectivity index (χ3v) is 7.25. The van der Waals surface area contributed by atoms with Crippen molar-refractivity contribution in [3.8, 4) is 11.4 Å². The molecule has 1 fully saturated rings. The van der Waals surface area contributed by atoms with E-state index in [2.05, 4.69) is 60.3 Å². The van der Waals surface area contributed by atoms with Gasteiger partial charge in [-0.2, -0.15) is 0 Å². The van der Waals surface area contributed by atoms with Crippen molar-refractivity contribution in [3.63, 3.8) is 0 Å². The fourth-order valence-corrected chi connectivity index (χ4v) is 5.02. The van der Waals surface area contributed by atoms with Gasteiger partial charge in [-0.05, 0) is 43.9 Å². The van der Waals surface area contributed by atoms with Crippen molar-refractivity contribution in [3.05, 3.63) is 64.6 Å². The normalized spacial score (nSPS) is 15.2. The van der Waals surface area contributed by atoms with Gasteiger partial charge in [0.1, 0.15) is 0 Å². The summed E-state index contributed by atoms with van der Waals surface area (Å²) in [7, 11) is 0. The van der Waals surface area contributed by atoms with Crippen LogP contribution in [-0.4, -0.2) is 32.0 Å². The smallest absolute Gasteiger partial charge is 0.233 e. The van der Waals surface area contributed by atoms with Gasteiger partial charge in [0.2, 0.25) is 5.91 Å². The second kappa shape index (κ2) is 10.5. The molecule has 0 spiro atoms. The number of carbonyl (C=O) groups is 1. The first kappa shape index (κ1) is 22.1. The molecule has 1 N–H and O–H groups in total. The number of benzene rings is 2. The molecule has 0 radical (unpaired) electrons. The molecule has 1 saturated carbocycles. The van der Waals surface area contributed by atoms with Crippen LogP contribution in [0.25, 0.3) is 11.4 Å². The Morgan fingerprint density at radius 1 is 1.13 bits per heavy atom. The van der Waals surface area contributed by atoms with E-state index in [0.717, 1.165) is 46.8 Å². The van der Waals surface area contributed by atoms with Crippen LogP contribution in [0, 0.1) is 0 Å². The van der Waals surface area contributed by atoms with Crippen LogP contribution in [0.4, 0.5) is 0 Å². The minimum Gasteiger partial charge on any atom is -0.352 e. The lowest BCUT2D eigenvalue weighted by Crippen LogP contribution is -2.37. The fourth-order valence-electron chi connectivity index (χ4n) is 3.88. The van der Waals surface area contributed by atoms with Crippen molar-refractivity contribution >= 4 is 33.6 Å². The summed E-state index contributed by atoms with van der Waals surface area (Å²) in [5.74, 6) is 0.911. The SMILES string of the molecule is CC(Sc1nnc(-c2ccc(Br)cc2)n1CCc1ccccc1)C(=O)NC1CCCC1. The summed E-state index contributed by atoms with van der Waals surface area (Å²) in [5, 5.41) is 12.7. The summed E-state index contributed by atoms with van der Waals surface area (Å²) in [6.07, 6.45) is 5.46. The van der Waals surface area contributed by atoms with Crippen molar-refractivity contribution in [2.75, 3.05) is 0 Å². The maximum Gasteiger partial charge on any atom is 0.233 e. The molecule has 31 heavy (non-hydrogen) atoms. The predicted molar refractivity (Wildman–Crippen MR) is 129 cm³/mol. The Labute approximate surface area is 196 Å². The van der Waals surface area contributed by atoms with Crippen LogP contribution in [0.1, 0.15) is 38.2 Å². The number of nitrogens with zero attached hydrogens (tertiary/aromatic N) is 3. The Bertz CT molecular complexity index is 1000. The highest BCUT2D eigenvalue weighted by atomic mass is 79.9. The molecule has 1 amide bonds. The number of nitrogens with one attached hydrogen (secondary N) is 1. The standard InChI is InChI=1S/C24H27BrN4OS/c1-17(23(30)26-21-9-5-6-10-21)31-24-28-27-22(19-11-13-20(25)14-12-19)29(24)16-15-18-7-3-2-4-8-18/h2-4,7-8,11-14,17,21H,5-6,9-10,15-16H2,1H3,(H,26,30). The van der Waals surface area contributed by atoms with E-state index in [4.69, 9.17) is 0 Å². The Morgan fingerprint density at radius 3 is 2.55 bits per heavy atom. The molecular formula is C24H27BrN4OS. The van der Waals surface area contributed by atoms with Crippen LogP contribution in [0.5, 0.6) is 0 Å². The molecule has 7 heteroatoms. The molecule has 1 aromatic heterocycles. The number of hydrogen-bond donors (Lipinski definition) is 1. The first-order chi connectivity index (χ1) is 15.1. The van der Waals surface area contributed by atoms with Crippen LogP contribution in [-0.2, 0) is 17.8 Å². The van der Waals surface area contributed by atoms with Gasteiger partial charge in [-0.3, -0.25) is 4.79 Å². The minimum absolute atomic E-state index is 0.0831. The fraction of sp³-hybridized carbons (Fsp3) is 0.375. The summed E-state index contributed by atoms with van der Waals surface area (Å²) in [4.78, 5) is 12.7. The summed E-state index contributed by atoms with van der Waals surface area (Å²) in [6.45, 7) is 2.70. The van der Waals surface area contributed by atoms with Gasteiger partial charge in [-0.25, -0.2) is 0 Å². The van der Waals surface area contributed by atoms with Crippen LogP contribution in [0.15, 0.2) is 64.2 Å². The van der Waals surface area contributed by atoms with Crippen molar-refractivity contribution in [2.45, 2.75) is 62.0 Å². The minimum atomic E-state index is -0.224. The first-order valence-corrected chi connectivity index (χ1v) is 12.5. The average molecular weight is 499 g/mol. The van der Waals surface area contributed by atoms with Crippen LogP contribution in [0.3, 0.4) is 0 Å². The lowest BCUT2D eigenvalue weighted by atomic mass is 10.1. The molecule has 0 aliphatic heterocycles. The highest BCUT2D eigenvalue weighted by molar-refractivity contribution is 9.10. The molecule has 162 valence electrons. The van der Waals surface area contributed by atoms with Gasteiger partial charge >= 0.3 is 0 Å². The lowest BCUT2D eigenvalue weighted by molar-refractivity contribution is -0.120. The predicted octanol–water partition coefficient (Wildman–Crippen LogP) is 5.49. The zero-order chi connectivity index (χ0) is 21.6. The lowest BCUT2D eigenvalue weighted by Gasteiger charge is -2.17. The molecule has 1 unspecified atom stereocenters. The summed E-state index contributed by atoms with van der Waals surface area (Å²) in [5.41, 5.74) is 2.28. The second-order valence-electron chi connectivity index (χ2n) is 7.95. The van der Waals surface area contributed by atoms with E-state index in [1.54, 1.807) is 0 Å². The summed E-state index contributed by atoms with van der Waals surface area (Å²) in [6, 6.07) is 18.8. The zero-order valence-corrected chi connectivity index (χ0v) is 20.0. The highest BCUT2D eigenvalue weighted by Crippen LogP contribution is 2.28. The maximum atomic E-state index is 12.7. The molecule has 1 aliphatic rings. The Kier molecular flexibility index (Phi) is 7.45. The summed E-state index contributed by atoms with van der Waals surface area (Å²) < 4.78 is 3.17. The van der Waals surface area contributed by atoms with E-state index >= 15 is 0 Å². The molecule has 1 aliphatic carbocycles. The van der Waals surface area contributed by atoms with E-state index in [1.165, 1.54) is 30.2 Å². The molecule has 1 atom stereocenters. The topological polar surface area (TPSA) is 59.8 Å². The van der Waals surface area contributed by atoms with E-state index in [-0.39, 0.29) is 11.2 Å². The van der Waals surface area contributed by atoms with Gasteiger partial charge in [0.15, 0.2) is 11.0 Å². The molecule has 4 rings (SSSR count). The van der Waals surface area contributed by atoms with Gasteiger partial charge in [0.25, 0.3) is 0 Å². The molecule has 5 nitrogen and oxygen atoms in total. The third kappa shape index (κ3) is 5.77. The first-order valence-electron chi connectivity index (χ1n) is 10.8. The van der Waals surface area contributed by atoms with E-state index in [9.17, 15) is 4.79 Å². The van der Waals surface area contributed by atoms with Gasteiger partial charge in [-0.1, -0.05) is 83.0 Å². The number of aromatic nitrogens is 3. The number of hydrogen-bond acceptors (Lipinski definition) is 4. The molecule has 0 bridgehead atoms. The molecule has 1 heterocycles. The monoisotopic (exact) mass is 498 g/mol. The van der Waals surface area contributed by atoms with Gasteiger partial charge in [0, 0.05) is 22.6 Å². The molecule has 2 aromatic carbocycles. The summed E-state index contributed by atoms with van der Waals surface area (Å²) >= 11 is 4.98. The van der Waals surface area contributed by atoms with Gasteiger partial charge in [-0.15, -0.1) is 10.2 Å². The van der Waals surface area contributed by atoms with E-state index in [1.807, 2.05) is 37.3 Å². The van der Waals surface area contributed by atoms with Crippen molar-refractivity contribution < 1.29 is 4.79 Å². The number of thioether (sulfide) groups is 1. The van der Waals surface area contributed by atoms with Crippen molar-refractivity contribution in [2.24, 2.45) is 0 Å². The molecule has 0 saturated heterocycles. The van der Waals surface area contributed by atoms with Crippen molar-refractivity contribution in [1.29, 1.82) is 0 Å². The molecular weight excluding hydrogens is 472 g/mol. The highest BCUT2D eigenvalue weighted by Gasteiger charge is 2.24. The van der Waals surface area contributed by atoms with Gasteiger partial charge < -0.3 is 9.88 Å². The Balaban J connectivity index is 1.54. The number of amides is 1. The number of rotatable bonds is 8. The Morgan fingerprint density at radius 2 is 1.84 bits per heavy atom. The maximum absolute atomic E-state index is 12.7. The van der Waals surface area contributed by atoms with E-state index in [0.29, 0.717) is 6.04 Å². The van der Waals surface area contributed by atoms with Crippen LogP contribution in [0.2, 0.25) is 0 Å². The number of carbonyl (C=O) groups excluding carboxylic acids is 1. The largest absolute Gasteiger partial charge is 0.352 e. The quantitative estimate of drug-likeness (QED) is 0.417. The second-order valence-corrected chi connectivity index (χ2v) is 10.2. The zero-order valence-electron chi connectivity index (χ0n) is 17.6. The third-order valence-electron chi connectivity index (χ3n) is 5.64. The number of halogens is 1. The van der Waals surface area contributed by atoms with Crippen molar-refractivity contribution in [1.82, 2.24) is 20.1 Å². The van der Waals surface area contributed by atoms with E-state index < -0.39 is 0 Å². The number of aryl methyl sites for hydroxylation is 1. The van der Waals surface area contributed by atoms with Crippen LogP contribution >= 0.6 is 27.7 Å². The van der Waals surface area contributed by atoms with Gasteiger partial charge in [0.05, 0.1) is 5.25 Å². The Hall–Kier alpha value is -2.12. The molecule has 3 aromatic rings.